The summed E-state index contributed by atoms with van der Waals surface area (Å²) in [6, 6.07) is 9.87. The van der Waals surface area contributed by atoms with Crippen molar-refractivity contribution in [3.05, 3.63) is 35.4 Å². The van der Waals surface area contributed by atoms with Gasteiger partial charge in [-0.2, -0.15) is 0 Å². The maximum absolute atomic E-state index is 5.72. The van der Waals surface area contributed by atoms with Crippen LogP contribution in [0, 0.1) is 0 Å². The van der Waals surface area contributed by atoms with Crippen molar-refractivity contribution in [2.24, 2.45) is 0 Å². The minimum absolute atomic E-state index is 0.422. The van der Waals surface area contributed by atoms with Crippen LogP contribution in [0.25, 0.3) is 0 Å². The lowest BCUT2D eigenvalue weighted by Crippen LogP contribution is -2.41. The molecule has 3 nitrogen and oxygen atoms in total. The maximum atomic E-state index is 5.72. The Hall–Kier alpha value is -0.900. The van der Waals surface area contributed by atoms with Gasteiger partial charge in [-0.3, -0.25) is 4.90 Å². The van der Waals surface area contributed by atoms with Crippen LogP contribution in [-0.4, -0.2) is 36.7 Å². The molecule has 1 atom stereocenters. The molecule has 1 heterocycles. The number of hydrogen-bond acceptors (Lipinski definition) is 3. The monoisotopic (exact) mass is 274 g/mol. The first-order valence-electron chi connectivity index (χ1n) is 7.98. The molecule has 2 fully saturated rings. The Morgan fingerprint density at radius 3 is 2.65 bits per heavy atom. The second kappa shape index (κ2) is 6.70. The number of morpholine rings is 1. The highest BCUT2D eigenvalue weighted by Crippen LogP contribution is 2.19. The molecule has 1 saturated heterocycles. The molecule has 0 amide bonds. The summed E-state index contributed by atoms with van der Waals surface area (Å²) in [4.78, 5) is 2.51. The molecule has 110 valence electrons. The summed E-state index contributed by atoms with van der Waals surface area (Å²) in [5, 5.41) is 3.56. The zero-order valence-corrected chi connectivity index (χ0v) is 12.5. The lowest BCUT2D eigenvalue weighted by Gasteiger charge is -2.32. The molecule has 20 heavy (non-hydrogen) atoms. The first-order chi connectivity index (χ1) is 9.83. The lowest BCUT2D eigenvalue weighted by molar-refractivity contribution is -0.0324. The predicted octanol–water partition coefficient (Wildman–Crippen LogP) is 2.55. The van der Waals surface area contributed by atoms with Gasteiger partial charge in [0, 0.05) is 32.2 Å². The Balaban J connectivity index is 1.49. The van der Waals surface area contributed by atoms with Crippen molar-refractivity contribution in [1.82, 2.24) is 10.2 Å². The zero-order chi connectivity index (χ0) is 13.8. The third-order valence-corrected chi connectivity index (χ3v) is 4.28. The molecule has 1 saturated carbocycles. The molecule has 1 aliphatic carbocycles. The number of nitrogens with zero attached hydrogens (tertiary/aromatic N) is 1. The summed E-state index contributed by atoms with van der Waals surface area (Å²) in [5.74, 6) is 0. The van der Waals surface area contributed by atoms with Crippen molar-refractivity contribution in [3.63, 3.8) is 0 Å². The van der Waals surface area contributed by atoms with E-state index in [2.05, 4.69) is 41.4 Å². The van der Waals surface area contributed by atoms with Crippen LogP contribution in [-0.2, 0) is 17.8 Å². The van der Waals surface area contributed by atoms with Crippen LogP contribution < -0.4 is 5.32 Å². The lowest BCUT2D eigenvalue weighted by atomic mass is 10.1. The van der Waals surface area contributed by atoms with Gasteiger partial charge in [0.15, 0.2) is 0 Å². The molecule has 1 aromatic carbocycles. The van der Waals surface area contributed by atoms with Gasteiger partial charge in [-0.25, -0.2) is 0 Å². The van der Waals surface area contributed by atoms with E-state index in [-0.39, 0.29) is 0 Å². The Bertz CT molecular complexity index is 414. The Kier molecular flexibility index (Phi) is 4.71. The van der Waals surface area contributed by atoms with E-state index >= 15 is 0 Å². The molecular formula is C17H26N2O. The van der Waals surface area contributed by atoms with Crippen LogP contribution in [0.5, 0.6) is 0 Å². The van der Waals surface area contributed by atoms with Gasteiger partial charge in [-0.05, 0) is 30.4 Å². The van der Waals surface area contributed by atoms with Gasteiger partial charge in [0.25, 0.3) is 0 Å². The zero-order valence-electron chi connectivity index (χ0n) is 12.5. The number of hydrogen-bond donors (Lipinski definition) is 1. The topological polar surface area (TPSA) is 24.5 Å². The maximum Gasteiger partial charge on any atom is 0.0700 e. The molecule has 0 spiro atoms. The summed E-state index contributed by atoms with van der Waals surface area (Å²) < 4.78 is 5.72. The molecule has 1 aliphatic heterocycles. The second-order valence-corrected chi connectivity index (χ2v) is 6.11. The Morgan fingerprint density at radius 1 is 1.20 bits per heavy atom. The summed E-state index contributed by atoms with van der Waals surface area (Å²) in [7, 11) is 0. The van der Waals surface area contributed by atoms with E-state index in [9.17, 15) is 0 Å². The Labute approximate surface area is 122 Å². The molecule has 3 rings (SSSR count). The fourth-order valence-electron chi connectivity index (χ4n) is 2.74. The highest BCUT2D eigenvalue weighted by molar-refractivity contribution is 5.22. The summed E-state index contributed by atoms with van der Waals surface area (Å²) >= 11 is 0. The molecule has 0 bridgehead atoms. The molecule has 1 aromatic rings. The third-order valence-electron chi connectivity index (χ3n) is 4.28. The van der Waals surface area contributed by atoms with Gasteiger partial charge in [0.1, 0.15) is 0 Å². The van der Waals surface area contributed by atoms with Crippen LogP contribution >= 0.6 is 0 Å². The van der Waals surface area contributed by atoms with E-state index in [1.54, 1.807) is 0 Å². The minimum Gasteiger partial charge on any atom is -0.376 e. The van der Waals surface area contributed by atoms with Crippen LogP contribution in [0.4, 0.5) is 0 Å². The quantitative estimate of drug-likeness (QED) is 0.863. The average Bonchev–Trinajstić information content (AvgIpc) is 3.31. The third kappa shape index (κ3) is 4.05. The SMILES string of the molecule is CCC1CN(Cc2ccc(CNC3CC3)cc2)CCO1. The number of nitrogens with one attached hydrogen (secondary N) is 1. The predicted molar refractivity (Wildman–Crippen MR) is 81.6 cm³/mol. The number of rotatable bonds is 6. The molecule has 2 aliphatic rings. The first kappa shape index (κ1) is 14.1. The van der Waals surface area contributed by atoms with Gasteiger partial charge in [-0.15, -0.1) is 0 Å². The van der Waals surface area contributed by atoms with Crippen LogP contribution in [0.2, 0.25) is 0 Å². The van der Waals surface area contributed by atoms with Crippen molar-refractivity contribution in [2.45, 2.75) is 51.4 Å². The average molecular weight is 274 g/mol. The van der Waals surface area contributed by atoms with Gasteiger partial charge in [-0.1, -0.05) is 31.2 Å². The van der Waals surface area contributed by atoms with Crippen molar-refractivity contribution in [3.8, 4) is 0 Å². The van der Waals surface area contributed by atoms with Gasteiger partial charge < -0.3 is 10.1 Å². The van der Waals surface area contributed by atoms with Crippen LogP contribution in [0.1, 0.15) is 37.3 Å². The highest BCUT2D eigenvalue weighted by Gasteiger charge is 2.20. The fourth-order valence-corrected chi connectivity index (χ4v) is 2.74. The first-order valence-corrected chi connectivity index (χ1v) is 7.98. The fraction of sp³-hybridized carbons (Fsp3) is 0.647. The molecule has 1 N–H and O–H groups in total. The van der Waals surface area contributed by atoms with Gasteiger partial charge >= 0.3 is 0 Å². The van der Waals surface area contributed by atoms with Crippen LogP contribution in [0.15, 0.2) is 24.3 Å². The highest BCUT2D eigenvalue weighted by atomic mass is 16.5. The summed E-state index contributed by atoms with van der Waals surface area (Å²) in [5.41, 5.74) is 2.81. The summed E-state index contributed by atoms with van der Waals surface area (Å²) in [6.45, 7) is 7.28. The number of benzene rings is 1. The van der Waals surface area contributed by atoms with Crippen molar-refractivity contribution in [2.75, 3.05) is 19.7 Å². The largest absolute Gasteiger partial charge is 0.376 e. The van der Waals surface area contributed by atoms with E-state index in [4.69, 9.17) is 4.74 Å². The van der Waals surface area contributed by atoms with E-state index in [0.29, 0.717) is 6.10 Å². The van der Waals surface area contributed by atoms with E-state index in [1.807, 2.05) is 0 Å². The minimum atomic E-state index is 0.422. The van der Waals surface area contributed by atoms with Gasteiger partial charge in [0.2, 0.25) is 0 Å². The molecule has 0 aromatic heterocycles. The smallest absolute Gasteiger partial charge is 0.0700 e. The van der Waals surface area contributed by atoms with E-state index < -0.39 is 0 Å². The Morgan fingerprint density at radius 2 is 1.95 bits per heavy atom. The van der Waals surface area contributed by atoms with E-state index in [1.165, 1.54) is 24.0 Å². The van der Waals surface area contributed by atoms with Gasteiger partial charge in [0.05, 0.1) is 12.7 Å². The second-order valence-electron chi connectivity index (χ2n) is 6.11. The van der Waals surface area contributed by atoms with Crippen molar-refractivity contribution < 1.29 is 4.74 Å². The number of ether oxygens (including phenoxy) is 1. The molecule has 0 radical (unpaired) electrons. The molecule has 3 heteroatoms. The van der Waals surface area contributed by atoms with E-state index in [0.717, 1.165) is 45.2 Å². The van der Waals surface area contributed by atoms with Crippen molar-refractivity contribution in [1.29, 1.82) is 0 Å². The van der Waals surface area contributed by atoms with Crippen LogP contribution in [0.3, 0.4) is 0 Å². The van der Waals surface area contributed by atoms with Crippen molar-refractivity contribution >= 4 is 0 Å². The molecular weight excluding hydrogens is 248 g/mol. The molecule has 1 unspecified atom stereocenters. The normalized spacial score (nSPS) is 23.9. The standard InChI is InChI=1S/C17H26N2O/c1-2-17-13-19(9-10-20-17)12-15-5-3-14(4-6-15)11-18-16-7-8-16/h3-6,16-18H,2,7-13H2,1H3. The summed E-state index contributed by atoms with van der Waals surface area (Å²) in [6.07, 6.45) is 4.25.